The number of hydrogen-bond acceptors (Lipinski definition) is 10. The topological polar surface area (TPSA) is 132 Å². The Labute approximate surface area is 278 Å². The molecule has 13 atom stereocenters. The van der Waals surface area contributed by atoms with Crippen LogP contribution in [0.3, 0.4) is 0 Å². The molecule has 4 fully saturated rings. The molecular formula is C36H55FO10. The molecule has 1 saturated heterocycles. The van der Waals surface area contributed by atoms with Crippen LogP contribution in [0.25, 0.3) is 0 Å². The maximum atomic E-state index is 15.4. The summed E-state index contributed by atoms with van der Waals surface area (Å²) in [6.07, 6.45) is 0.699. The van der Waals surface area contributed by atoms with Crippen molar-refractivity contribution in [3.63, 3.8) is 0 Å². The quantitative estimate of drug-likeness (QED) is 0.221. The summed E-state index contributed by atoms with van der Waals surface area (Å²) in [5.74, 6) is -3.53. The monoisotopic (exact) mass is 666 g/mol. The van der Waals surface area contributed by atoms with Crippen LogP contribution in [0.15, 0.2) is 0 Å². The summed E-state index contributed by atoms with van der Waals surface area (Å²) in [5, 5.41) is 0. The standard InChI is InChI=1S/C36H55FO10/c1-18(31(46-22(5)40)32(47-23(6)41)19(2)34(7,8)37)25-11-12-26-24-17-43-33(42)28-15-29(44-20(3)38)30(45-21(4)39)16-36(28,10)27(24)13-14-35(25,26)9/h18-19,24-32H,11-17H2,1-10H3/t18-,19+,24-,25+,26-,27-,28?,29-,30+,31+,32+,35+,36+/m0/s1. The van der Waals surface area contributed by atoms with Gasteiger partial charge in [0.05, 0.1) is 12.5 Å². The third-order valence-corrected chi connectivity index (χ3v) is 12.7. The number of halogens is 1. The van der Waals surface area contributed by atoms with Crippen molar-refractivity contribution in [2.45, 2.75) is 138 Å². The van der Waals surface area contributed by atoms with Crippen molar-refractivity contribution in [2.24, 2.45) is 52.3 Å². The summed E-state index contributed by atoms with van der Waals surface area (Å²) in [7, 11) is 0. The van der Waals surface area contributed by atoms with Gasteiger partial charge in [-0.2, -0.15) is 0 Å². The summed E-state index contributed by atoms with van der Waals surface area (Å²) in [5.41, 5.74) is -2.48. The van der Waals surface area contributed by atoms with E-state index < -0.39 is 71.2 Å². The van der Waals surface area contributed by atoms with Gasteiger partial charge in [0.2, 0.25) is 0 Å². The van der Waals surface area contributed by atoms with E-state index in [4.69, 9.17) is 23.7 Å². The molecule has 1 aliphatic heterocycles. The molecule has 4 aliphatic rings. The zero-order chi connectivity index (χ0) is 35.2. The number of carbonyl (C=O) groups excluding carboxylic acids is 5. The van der Waals surface area contributed by atoms with Gasteiger partial charge in [0.15, 0.2) is 0 Å². The third kappa shape index (κ3) is 7.33. The first kappa shape index (κ1) is 37.1. The Hall–Kier alpha value is -2.72. The molecule has 0 aromatic rings. The van der Waals surface area contributed by atoms with Gasteiger partial charge in [-0.15, -0.1) is 0 Å². The highest BCUT2D eigenvalue weighted by Crippen LogP contribution is 2.66. The molecule has 3 aliphatic carbocycles. The largest absolute Gasteiger partial charge is 0.465 e. The van der Waals surface area contributed by atoms with Crippen LogP contribution in [0.4, 0.5) is 4.39 Å². The van der Waals surface area contributed by atoms with Gasteiger partial charge in [-0.05, 0) is 80.5 Å². The van der Waals surface area contributed by atoms with E-state index in [1.165, 1.54) is 41.5 Å². The smallest absolute Gasteiger partial charge is 0.309 e. The van der Waals surface area contributed by atoms with Crippen molar-refractivity contribution in [1.82, 2.24) is 0 Å². The number of alkyl halides is 1. The molecule has 3 saturated carbocycles. The maximum absolute atomic E-state index is 15.4. The zero-order valence-corrected chi connectivity index (χ0v) is 29.8. The molecule has 1 heterocycles. The van der Waals surface area contributed by atoms with Crippen LogP contribution < -0.4 is 0 Å². The van der Waals surface area contributed by atoms with Crippen molar-refractivity contribution in [3.8, 4) is 0 Å². The molecule has 1 unspecified atom stereocenters. The van der Waals surface area contributed by atoms with E-state index >= 15 is 4.39 Å². The second-order valence-corrected chi connectivity index (χ2v) is 15.9. The normalized spacial score (nSPS) is 37.7. The van der Waals surface area contributed by atoms with Gasteiger partial charge < -0.3 is 23.7 Å². The zero-order valence-electron chi connectivity index (χ0n) is 29.8. The van der Waals surface area contributed by atoms with Crippen LogP contribution in [-0.2, 0) is 47.7 Å². The van der Waals surface area contributed by atoms with Crippen molar-refractivity contribution in [1.29, 1.82) is 0 Å². The van der Waals surface area contributed by atoms with Crippen LogP contribution in [0.2, 0.25) is 0 Å². The van der Waals surface area contributed by atoms with E-state index in [0.717, 1.165) is 25.7 Å². The number of carbonyl (C=O) groups is 5. The van der Waals surface area contributed by atoms with Gasteiger partial charge in [-0.1, -0.05) is 27.7 Å². The van der Waals surface area contributed by atoms with Crippen LogP contribution in [0.5, 0.6) is 0 Å². The van der Waals surface area contributed by atoms with Crippen LogP contribution in [0, 0.1) is 52.3 Å². The molecule has 0 radical (unpaired) electrons. The fourth-order valence-electron chi connectivity index (χ4n) is 10.3. The lowest BCUT2D eigenvalue weighted by Crippen LogP contribution is -2.56. The van der Waals surface area contributed by atoms with Crippen LogP contribution >= 0.6 is 0 Å². The molecule has 0 bridgehead atoms. The molecule has 0 N–H and O–H groups in total. The lowest BCUT2D eigenvalue weighted by molar-refractivity contribution is -0.189. The first-order valence-electron chi connectivity index (χ1n) is 17.2. The fraction of sp³-hybridized carbons (Fsp3) is 0.861. The Morgan fingerprint density at radius 1 is 0.830 bits per heavy atom. The minimum absolute atomic E-state index is 0.0355. The van der Waals surface area contributed by atoms with Gasteiger partial charge in [-0.25, -0.2) is 4.39 Å². The first-order chi connectivity index (χ1) is 21.7. The van der Waals surface area contributed by atoms with Gasteiger partial charge in [-0.3, -0.25) is 24.0 Å². The third-order valence-electron chi connectivity index (χ3n) is 12.7. The summed E-state index contributed by atoms with van der Waals surface area (Å²) >= 11 is 0. The molecular weight excluding hydrogens is 611 g/mol. The van der Waals surface area contributed by atoms with Crippen molar-refractivity contribution in [2.75, 3.05) is 6.61 Å². The number of hydrogen-bond donors (Lipinski definition) is 0. The number of fused-ring (bicyclic) bond motifs is 5. The molecule has 266 valence electrons. The van der Waals surface area contributed by atoms with E-state index in [-0.39, 0.29) is 54.0 Å². The van der Waals surface area contributed by atoms with Crippen molar-refractivity contribution in [3.05, 3.63) is 0 Å². The molecule has 10 nitrogen and oxygen atoms in total. The van der Waals surface area contributed by atoms with E-state index in [1.807, 2.05) is 6.92 Å². The summed E-state index contributed by atoms with van der Waals surface area (Å²) in [4.78, 5) is 62.3. The fourth-order valence-corrected chi connectivity index (χ4v) is 10.3. The molecule has 0 aromatic carbocycles. The summed E-state index contributed by atoms with van der Waals surface area (Å²) in [6.45, 7) is 16.4. The number of ether oxygens (including phenoxy) is 5. The van der Waals surface area contributed by atoms with Gasteiger partial charge in [0, 0.05) is 46.0 Å². The minimum Gasteiger partial charge on any atom is -0.465 e. The van der Waals surface area contributed by atoms with Crippen molar-refractivity contribution >= 4 is 29.8 Å². The van der Waals surface area contributed by atoms with E-state index in [2.05, 4.69) is 13.8 Å². The number of rotatable bonds is 9. The second kappa shape index (κ2) is 13.7. The Balaban J connectivity index is 1.66. The highest BCUT2D eigenvalue weighted by molar-refractivity contribution is 5.75. The van der Waals surface area contributed by atoms with Gasteiger partial charge >= 0.3 is 29.8 Å². The SMILES string of the molecule is CC(=O)O[C@H]([C@@H](C)[C@H]1CC[C@H]2[C@@H]3COC(=O)C4C[C@H](OC(C)=O)[C@H](OC(C)=O)C[C@]4(C)[C@H]3CC[C@]12C)[C@H](OC(C)=O)[C@@H](C)C(C)(C)F. The predicted molar refractivity (Wildman–Crippen MR) is 168 cm³/mol. The maximum Gasteiger partial charge on any atom is 0.309 e. The van der Waals surface area contributed by atoms with Crippen molar-refractivity contribution < 1.29 is 52.0 Å². The van der Waals surface area contributed by atoms with E-state index in [9.17, 15) is 24.0 Å². The highest BCUT2D eigenvalue weighted by atomic mass is 19.1. The molecule has 0 spiro atoms. The average molecular weight is 667 g/mol. The molecule has 4 rings (SSSR count). The van der Waals surface area contributed by atoms with E-state index in [1.54, 1.807) is 6.92 Å². The first-order valence-corrected chi connectivity index (χ1v) is 17.2. The van der Waals surface area contributed by atoms with Gasteiger partial charge in [0.25, 0.3) is 0 Å². The van der Waals surface area contributed by atoms with Crippen LogP contribution in [0.1, 0.15) is 108 Å². The minimum atomic E-state index is -1.70. The lowest BCUT2D eigenvalue weighted by Gasteiger charge is -2.56. The van der Waals surface area contributed by atoms with E-state index in [0.29, 0.717) is 6.42 Å². The number of esters is 5. The Kier molecular flexibility index (Phi) is 10.8. The Morgan fingerprint density at radius 3 is 1.94 bits per heavy atom. The Morgan fingerprint density at radius 2 is 1.38 bits per heavy atom. The average Bonchev–Trinajstić information content (AvgIpc) is 3.24. The molecule has 11 heteroatoms. The van der Waals surface area contributed by atoms with Gasteiger partial charge in [0.1, 0.15) is 30.1 Å². The van der Waals surface area contributed by atoms with Crippen LogP contribution in [-0.4, -0.2) is 66.5 Å². The lowest BCUT2D eigenvalue weighted by atomic mass is 9.48. The molecule has 0 aromatic heterocycles. The second-order valence-electron chi connectivity index (χ2n) is 15.9. The Bertz CT molecular complexity index is 1230. The molecule has 0 amide bonds. The predicted octanol–water partition coefficient (Wildman–Crippen LogP) is 5.77. The highest BCUT2D eigenvalue weighted by Gasteiger charge is 2.64. The number of cyclic esters (lactones) is 1. The molecule has 47 heavy (non-hydrogen) atoms. The summed E-state index contributed by atoms with van der Waals surface area (Å²) < 4.78 is 44.3. The summed E-state index contributed by atoms with van der Waals surface area (Å²) in [6, 6.07) is 0.